The summed E-state index contributed by atoms with van der Waals surface area (Å²) in [5.41, 5.74) is 10.9. The Kier molecular flexibility index (Phi) is 5.69. The van der Waals surface area contributed by atoms with E-state index in [-0.39, 0.29) is 18.6 Å². The molecule has 2 rings (SSSR count). The van der Waals surface area contributed by atoms with Gasteiger partial charge in [-0.2, -0.15) is 0 Å². The summed E-state index contributed by atoms with van der Waals surface area (Å²) in [6.45, 7) is 6.57. The van der Waals surface area contributed by atoms with Crippen LogP contribution in [0.5, 0.6) is 5.75 Å². The maximum absolute atomic E-state index is 12.6. The Morgan fingerprint density at radius 2 is 2.08 bits per heavy atom. The molecule has 0 heterocycles. The number of hydrogen-bond donors (Lipinski definition) is 3. The van der Waals surface area contributed by atoms with Gasteiger partial charge in [-0.3, -0.25) is 9.59 Å². The molecule has 1 fully saturated rings. The van der Waals surface area contributed by atoms with Crippen molar-refractivity contribution < 1.29 is 19.1 Å². The maximum Gasteiger partial charge on any atom is 0.255 e. The molecule has 1 aromatic carbocycles. The highest BCUT2D eigenvalue weighted by Gasteiger charge is 2.62. The predicted molar refractivity (Wildman–Crippen MR) is 93.7 cm³/mol. The molecule has 2 unspecified atom stereocenters. The van der Waals surface area contributed by atoms with Crippen molar-refractivity contribution in [2.24, 2.45) is 16.9 Å². The van der Waals surface area contributed by atoms with Gasteiger partial charge in [-0.15, -0.1) is 0 Å². The average molecular weight is 349 g/mol. The summed E-state index contributed by atoms with van der Waals surface area (Å²) in [6, 6.07) is 7.12. The third-order valence-electron chi connectivity index (χ3n) is 4.97. The summed E-state index contributed by atoms with van der Waals surface area (Å²) in [5, 5.41) is 2.89. The van der Waals surface area contributed by atoms with Gasteiger partial charge in [0.2, 0.25) is 5.91 Å². The standard InChI is InChI=1S/C18H27N3O4/c1-4-24-14-9-18(20,17(14,2)3)16(23)21-10-12-6-5-7-13(8-12)25-11-15(19)22/h5-8,14H,4,9-11,20H2,1-3H3,(H2,19,22)(H,21,23). The van der Waals surface area contributed by atoms with Crippen LogP contribution in [0.25, 0.3) is 0 Å². The molecule has 2 amide bonds. The Labute approximate surface area is 148 Å². The van der Waals surface area contributed by atoms with E-state index in [0.29, 0.717) is 25.3 Å². The minimum absolute atomic E-state index is 0.0150. The van der Waals surface area contributed by atoms with Crippen LogP contribution in [-0.4, -0.2) is 36.7 Å². The summed E-state index contributed by atoms with van der Waals surface area (Å²) >= 11 is 0. The molecular weight excluding hydrogens is 322 g/mol. The number of hydrogen-bond acceptors (Lipinski definition) is 5. The first-order valence-electron chi connectivity index (χ1n) is 8.39. The fraction of sp³-hybridized carbons (Fsp3) is 0.556. The topological polar surface area (TPSA) is 117 Å². The minimum atomic E-state index is -0.951. The molecule has 25 heavy (non-hydrogen) atoms. The van der Waals surface area contributed by atoms with Gasteiger partial charge in [0, 0.05) is 25.0 Å². The summed E-state index contributed by atoms with van der Waals surface area (Å²) in [4.78, 5) is 23.4. The van der Waals surface area contributed by atoms with Crippen LogP contribution in [0, 0.1) is 5.41 Å². The van der Waals surface area contributed by atoms with Crippen LogP contribution in [0.3, 0.4) is 0 Å². The van der Waals surface area contributed by atoms with E-state index in [1.54, 1.807) is 18.2 Å². The number of ether oxygens (including phenoxy) is 2. The zero-order chi connectivity index (χ0) is 18.7. The molecular formula is C18H27N3O4. The van der Waals surface area contributed by atoms with Crippen LogP contribution < -0.4 is 21.5 Å². The second-order valence-electron chi connectivity index (χ2n) is 6.93. The van der Waals surface area contributed by atoms with Gasteiger partial charge in [0.25, 0.3) is 5.91 Å². The van der Waals surface area contributed by atoms with Crippen molar-refractivity contribution in [3.8, 4) is 5.75 Å². The molecule has 7 nitrogen and oxygen atoms in total. The van der Waals surface area contributed by atoms with Gasteiger partial charge < -0.3 is 26.3 Å². The van der Waals surface area contributed by atoms with Crippen molar-refractivity contribution >= 4 is 11.8 Å². The molecule has 0 aliphatic heterocycles. The van der Waals surface area contributed by atoms with Crippen molar-refractivity contribution in [1.29, 1.82) is 0 Å². The first-order chi connectivity index (χ1) is 11.7. The van der Waals surface area contributed by atoms with E-state index in [9.17, 15) is 9.59 Å². The highest BCUT2D eigenvalue weighted by atomic mass is 16.5. The van der Waals surface area contributed by atoms with Crippen molar-refractivity contribution in [3.05, 3.63) is 29.8 Å². The summed E-state index contributed by atoms with van der Waals surface area (Å²) in [6.07, 6.45) is 0.486. The Morgan fingerprint density at radius 3 is 2.68 bits per heavy atom. The van der Waals surface area contributed by atoms with E-state index in [4.69, 9.17) is 20.9 Å². The van der Waals surface area contributed by atoms with Crippen LogP contribution in [0.15, 0.2) is 24.3 Å². The van der Waals surface area contributed by atoms with Gasteiger partial charge in [-0.25, -0.2) is 0 Å². The smallest absolute Gasteiger partial charge is 0.255 e. The van der Waals surface area contributed by atoms with Crippen LogP contribution in [0.4, 0.5) is 0 Å². The number of primary amides is 1. The van der Waals surface area contributed by atoms with Crippen molar-refractivity contribution in [2.45, 2.75) is 45.4 Å². The molecule has 1 aliphatic carbocycles. The third kappa shape index (κ3) is 3.93. The number of benzene rings is 1. The molecule has 5 N–H and O–H groups in total. The van der Waals surface area contributed by atoms with Gasteiger partial charge in [-0.1, -0.05) is 26.0 Å². The Hall–Kier alpha value is -2.12. The van der Waals surface area contributed by atoms with Crippen molar-refractivity contribution in [1.82, 2.24) is 5.32 Å². The van der Waals surface area contributed by atoms with Gasteiger partial charge >= 0.3 is 0 Å². The number of nitrogens with two attached hydrogens (primary N) is 2. The fourth-order valence-electron chi connectivity index (χ4n) is 3.06. The lowest BCUT2D eigenvalue weighted by Gasteiger charge is -2.57. The molecule has 1 aliphatic rings. The van der Waals surface area contributed by atoms with Crippen LogP contribution >= 0.6 is 0 Å². The quantitative estimate of drug-likeness (QED) is 0.639. The lowest BCUT2D eigenvalue weighted by atomic mass is 9.54. The number of amides is 2. The molecule has 2 atom stereocenters. The first kappa shape index (κ1) is 19.2. The van der Waals surface area contributed by atoms with E-state index < -0.39 is 16.9 Å². The lowest BCUT2D eigenvalue weighted by Crippen LogP contribution is -2.75. The minimum Gasteiger partial charge on any atom is -0.484 e. The van der Waals surface area contributed by atoms with E-state index in [2.05, 4.69) is 5.32 Å². The molecule has 0 radical (unpaired) electrons. The lowest BCUT2D eigenvalue weighted by molar-refractivity contribution is -0.170. The fourth-order valence-corrected chi connectivity index (χ4v) is 3.06. The summed E-state index contributed by atoms with van der Waals surface area (Å²) in [5.74, 6) is -0.217. The Bertz CT molecular complexity index is 647. The number of carbonyl (C=O) groups is 2. The van der Waals surface area contributed by atoms with E-state index in [1.165, 1.54) is 0 Å². The molecule has 0 bridgehead atoms. The summed E-state index contributed by atoms with van der Waals surface area (Å²) < 4.78 is 10.9. The SMILES string of the molecule is CCOC1CC(N)(C(=O)NCc2cccc(OCC(N)=O)c2)C1(C)C. The highest BCUT2D eigenvalue weighted by Crippen LogP contribution is 2.49. The first-order valence-corrected chi connectivity index (χ1v) is 8.39. The molecule has 138 valence electrons. The van der Waals surface area contributed by atoms with E-state index in [1.807, 2.05) is 26.8 Å². The predicted octanol–water partition coefficient (Wildman–Crippen LogP) is 0.699. The monoisotopic (exact) mass is 349 g/mol. The van der Waals surface area contributed by atoms with Gasteiger partial charge in [0.05, 0.1) is 6.10 Å². The number of carbonyl (C=O) groups excluding carboxylic acids is 2. The molecule has 1 saturated carbocycles. The zero-order valence-corrected chi connectivity index (χ0v) is 15.0. The average Bonchev–Trinajstić information content (AvgIpc) is 2.57. The van der Waals surface area contributed by atoms with E-state index in [0.717, 1.165) is 5.56 Å². The van der Waals surface area contributed by atoms with Gasteiger partial charge in [0.1, 0.15) is 11.3 Å². The van der Waals surface area contributed by atoms with Crippen LogP contribution in [0.1, 0.15) is 32.8 Å². The normalized spacial score (nSPS) is 24.2. The largest absolute Gasteiger partial charge is 0.484 e. The van der Waals surface area contributed by atoms with Crippen molar-refractivity contribution in [2.75, 3.05) is 13.2 Å². The van der Waals surface area contributed by atoms with Crippen LogP contribution in [-0.2, 0) is 20.9 Å². The molecule has 0 aromatic heterocycles. The Morgan fingerprint density at radius 1 is 1.36 bits per heavy atom. The molecule has 0 saturated heterocycles. The van der Waals surface area contributed by atoms with Crippen LogP contribution in [0.2, 0.25) is 0 Å². The number of rotatable bonds is 8. The van der Waals surface area contributed by atoms with Gasteiger partial charge in [0.15, 0.2) is 6.61 Å². The third-order valence-corrected chi connectivity index (χ3v) is 4.97. The second-order valence-corrected chi connectivity index (χ2v) is 6.93. The second kappa shape index (κ2) is 7.41. The summed E-state index contributed by atoms with van der Waals surface area (Å²) in [7, 11) is 0. The highest BCUT2D eigenvalue weighted by molar-refractivity contribution is 5.88. The maximum atomic E-state index is 12.6. The molecule has 0 spiro atoms. The molecule has 1 aromatic rings. The molecule has 7 heteroatoms. The van der Waals surface area contributed by atoms with E-state index >= 15 is 0 Å². The van der Waals surface area contributed by atoms with Gasteiger partial charge in [-0.05, 0) is 24.6 Å². The zero-order valence-electron chi connectivity index (χ0n) is 15.0. The number of nitrogens with one attached hydrogen (secondary N) is 1. The van der Waals surface area contributed by atoms with Crippen molar-refractivity contribution in [3.63, 3.8) is 0 Å². The Balaban J connectivity index is 1.94.